The van der Waals surface area contributed by atoms with Crippen molar-refractivity contribution in [3.63, 3.8) is 0 Å². The first kappa shape index (κ1) is 16.9. The topological polar surface area (TPSA) is 58.3 Å². The van der Waals surface area contributed by atoms with Gasteiger partial charge in [0.1, 0.15) is 0 Å². The molecule has 3 heteroatoms. The summed E-state index contributed by atoms with van der Waals surface area (Å²) in [6.07, 6.45) is 8.20. The van der Waals surface area contributed by atoms with Crippen molar-refractivity contribution in [1.82, 2.24) is 5.32 Å². The highest BCUT2D eigenvalue weighted by atomic mass is 16.2. The minimum absolute atomic E-state index is 0.162. The molecule has 0 bridgehead atoms. The quantitative estimate of drug-likeness (QED) is 0.594. The van der Waals surface area contributed by atoms with Gasteiger partial charge in [0.25, 0.3) is 0 Å². The Morgan fingerprint density at radius 3 is 2.37 bits per heavy atom. The molecule has 0 atom stereocenters. The molecule has 3 nitrogen and oxygen atoms in total. The van der Waals surface area contributed by atoms with Gasteiger partial charge in [-0.15, -0.1) is 0 Å². The van der Waals surface area contributed by atoms with Crippen molar-refractivity contribution < 1.29 is 5.11 Å². The number of nitrogens with one attached hydrogen (secondary N) is 1. The third-order valence-electron chi connectivity index (χ3n) is 5.43. The van der Waals surface area contributed by atoms with Crippen molar-refractivity contribution in [2.45, 2.75) is 71.3 Å². The Labute approximate surface area is 119 Å². The molecular formula is C16H34N2O. The van der Waals surface area contributed by atoms with Gasteiger partial charge in [0.05, 0.1) is 0 Å². The first-order valence-electron chi connectivity index (χ1n) is 8.05. The zero-order valence-electron chi connectivity index (χ0n) is 13.2. The summed E-state index contributed by atoms with van der Waals surface area (Å²) in [5, 5.41) is 12.5. The Hall–Kier alpha value is -0.120. The number of unbranched alkanes of at least 4 members (excludes halogenated alkanes) is 1. The van der Waals surface area contributed by atoms with Crippen LogP contribution in [0.25, 0.3) is 0 Å². The Kier molecular flexibility index (Phi) is 6.78. The summed E-state index contributed by atoms with van der Waals surface area (Å²) in [6, 6.07) is 0. The van der Waals surface area contributed by atoms with Crippen molar-refractivity contribution in [2.75, 3.05) is 19.7 Å². The van der Waals surface area contributed by atoms with Gasteiger partial charge in [0.15, 0.2) is 0 Å². The second-order valence-electron chi connectivity index (χ2n) is 6.96. The molecule has 0 saturated heterocycles. The average Bonchev–Trinajstić information content (AvgIpc) is 2.44. The van der Waals surface area contributed by atoms with Crippen LogP contribution in [-0.4, -0.2) is 30.3 Å². The van der Waals surface area contributed by atoms with E-state index in [-0.39, 0.29) is 5.54 Å². The Morgan fingerprint density at radius 1 is 1.26 bits per heavy atom. The standard InChI is InChI=1S/C16H34N2O/c1-4-15(2,3)14-7-9-16(13-17,10-8-14)18-11-5-6-12-19/h14,18-19H,4-13,17H2,1-3H3. The molecule has 1 aliphatic rings. The highest BCUT2D eigenvalue weighted by Gasteiger charge is 2.38. The lowest BCUT2D eigenvalue weighted by molar-refractivity contribution is 0.101. The molecule has 4 N–H and O–H groups in total. The monoisotopic (exact) mass is 270 g/mol. The largest absolute Gasteiger partial charge is 0.396 e. The van der Waals surface area contributed by atoms with Gasteiger partial charge in [-0.05, 0) is 56.4 Å². The van der Waals surface area contributed by atoms with E-state index in [1.807, 2.05) is 0 Å². The van der Waals surface area contributed by atoms with Gasteiger partial charge >= 0.3 is 0 Å². The molecule has 0 aromatic rings. The third-order valence-corrected chi connectivity index (χ3v) is 5.43. The van der Waals surface area contributed by atoms with Crippen molar-refractivity contribution in [3.05, 3.63) is 0 Å². The van der Waals surface area contributed by atoms with E-state index in [0.29, 0.717) is 12.0 Å². The van der Waals surface area contributed by atoms with Crippen LogP contribution in [0.2, 0.25) is 0 Å². The van der Waals surface area contributed by atoms with Crippen LogP contribution < -0.4 is 11.1 Å². The summed E-state index contributed by atoms with van der Waals surface area (Å²) in [6.45, 7) is 9.14. The molecular weight excluding hydrogens is 236 g/mol. The van der Waals surface area contributed by atoms with E-state index in [2.05, 4.69) is 26.1 Å². The van der Waals surface area contributed by atoms with E-state index in [9.17, 15) is 0 Å². The zero-order chi connectivity index (χ0) is 14.4. The fourth-order valence-corrected chi connectivity index (χ4v) is 3.28. The molecule has 114 valence electrons. The van der Waals surface area contributed by atoms with E-state index in [1.165, 1.54) is 32.1 Å². The summed E-state index contributed by atoms with van der Waals surface area (Å²) < 4.78 is 0. The maximum Gasteiger partial charge on any atom is 0.0431 e. The van der Waals surface area contributed by atoms with Crippen LogP contribution in [-0.2, 0) is 0 Å². The summed E-state index contributed by atoms with van der Waals surface area (Å²) in [5.74, 6) is 0.844. The van der Waals surface area contributed by atoms with E-state index in [4.69, 9.17) is 10.8 Å². The molecule has 0 spiro atoms. The normalized spacial score (nSPS) is 28.6. The lowest BCUT2D eigenvalue weighted by Gasteiger charge is -2.45. The molecule has 1 aliphatic carbocycles. The van der Waals surface area contributed by atoms with Gasteiger partial charge in [-0.1, -0.05) is 27.2 Å². The minimum atomic E-state index is 0.162. The average molecular weight is 270 g/mol. The van der Waals surface area contributed by atoms with E-state index in [0.717, 1.165) is 31.8 Å². The van der Waals surface area contributed by atoms with Crippen molar-refractivity contribution >= 4 is 0 Å². The lowest BCUT2D eigenvalue weighted by atomic mass is 9.65. The highest BCUT2D eigenvalue weighted by Crippen LogP contribution is 2.43. The summed E-state index contributed by atoms with van der Waals surface area (Å²) >= 11 is 0. The van der Waals surface area contributed by atoms with Gasteiger partial charge in [-0.2, -0.15) is 0 Å². The number of hydrogen-bond acceptors (Lipinski definition) is 3. The van der Waals surface area contributed by atoms with Crippen molar-refractivity contribution in [2.24, 2.45) is 17.1 Å². The number of rotatable bonds is 8. The van der Waals surface area contributed by atoms with Crippen molar-refractivity contribution in [3.8, 4) is 0 Å². The second-order valence-corrected chi connectivity index (χ2v) is 6.96. The molecule has 1 rings (SSSR count). The molecule has 19 heavy (non-hydrogen) atoms. The predicted molar refractivity (Wildman–Crippen MR) is 82.1 cm³/mol. The first-order valence-corrected chi connectivity index (χ1v) is 8.05. The summed E-state index contributed by atoms with van der Waals surface area (Å²) in [4.78, 5) is 0. The molecule has 0 unspecified atom stereocenters. The number of aliphatic hydroxyl groups is 1. The number of hydrogen-bond donors (Lipinski definition) is 3. The Balaban J connectivity index is 2.43. The number of aliphatic hydroxyl groups excluding tert-OH is 1. The van der Waals surface area contributed by atoms with Crippen LogP contribution >= 0.6 is 0 Å². The molecule has 1 saturated carbocycles. The summed E-state index contributed by atoms with van der Waals surface area (Å²) in [5.41, 5.74) is 6.66. The van der Waals surface area contributed by atoms with E-state index >= 15 is 0 Å². The van der Waals surface area contributed by atoms with Crippen LogP contribution in [0.5, 0.6) is 0 Å². The molecule has 1 fully saturated rings. The Morgan fingerprint density at radius 2 is 1.89 bits per heavy atom. The SMILES string of the molecule is CCC(C)(C)C1CCC(CN)(NCCCCO)CC1. The molecule has 0 aromatic heterocycles. The molecule has 0 heterocycles. The number of nitrogens with two attached hydrogens (primary N) is 1. The Bertz CT molecular complexity index is 245. The fraction of sp³-hybridized carbons (Fsp3) is 1.00. The zero-order valence-corrected chi connectivity index (χ0v) is 13.2. The van der Waals surface area contributed by atoms with Crippen LogP contribution in [0.4, 0.5) is 0 Å². The first-order chi connectivity index (χ1) is 8.99. The van der Waals surface area contributed by atoms with Gasteiger partial charge in [0.2, 0.25) is 0 Å². The van der Waals surface area contributed by atoms with Crippen LogP contribution in [0.3, 0.4) is 0 Å². The summed E-state index contributed by atoms with van der Waals surface area (Å²) in [7, 11) is 0. The fourth-order valence-electron chi connectivity index (χ4n) is 3.28. The molecule has 0 aliphatic heterocycles. The molecule has 0 amide bonds. The van der Waals surface area contributed by atoms with Crippen LogP contribution in [0.15, 0.2) is 0 Å². The third kappa shape index (κ3) is 4.73. The highest BCUT2D eigenvalue weighted by molar-refractivity contribution is 4.96. The molecule has 0 aromatic carbocycles. The van der Waals surface area contributed by atoms with E-state index < -0.39 is 0 Å². The maximum atomic E-state index is 8.82. The van der Waals surface area contributed by atoms with Gasteiger partial charge in [-0.3, -0.25) is 0 Å². The van der Waals surface area contributed by atoms with Gasteiger partial charge in [-0.25, -0.2) is 0 Å². The van der Waals surface area contributed by atoms with E-state index in [1.54, 1.807) is 0 Å². The lowest BCUT2D eigenvalue weighted by Crippen LogP contribution is -2.54. The molecule has 0 radical (unpaired) electrons. The van der Waals surface area contributed by atoms with Gasteiger partial charge in [0, 0.05) is 18.7 Å². The predicted octanol–water partition coefficient (Wildman–Crippen LogP) is 2.67. The van der Waals surface area contributed by atoms with Gasteiger partial charge < -0.3 is 16.2 Å². The maximum absolute atomic E-state index is 8.82. The minimum Gasteiger partial charge on any atom is -0.396 e. The van der Waals surface area contributed by atoms with Crippen molar-refractivity contribution in [1.29, 1.82) is 0 Å². The second kappa shape index (κ2) is 7.61. The van der Waals surface area contributed by atoms with Crippen LogP contribution in [0, 0.1) is 11.3 Å². The smallest absolute Gasteiger partial charge is 0.0431 e. The van der Waals surface area contributed by atoms with Crippen LogP contribution in [0.1, 0.15) is 65.7 Å².